The highest BCUT2D eigenvalue weighted by Gasteiger charge is 2.19. The first-order chi connectivity index (χ1) is 16.5. The van der Waals surface area contributed by atoms with Crippen molar-refractivity contribution >= 4 is 39.7 Å². The number of halogens is 2. The van der Waals surface area contributed by atoms with Gasteiger partial charge in [0.2, 0.25) is 5.89 Å². The molecule has 1 aliphatic rings. The van der Waals surface area contributed by atoms with Gasteiger partial charge in [-0.3, -0.25) is 4.90 Å². The molecule has 7 nitrogen and oxygen atoms in total. The minimum absolute atomic E-state index is 0.166. The summed E-state index contributed by atoms with van der Waals surface area (Å²) in [6.07, 6.45) is 2.40. The van der Waals surface area contributed by atoms with Crippen molar-refractivity contribution in [1.82, 2.24) is 15.1 Å². The largest absolute Gasteiger partial charge is 0.490 e. The second-order valence-corrected chi connectivity index (χ2v) is 9.05. The van der Waals surface area contributed by atoms with Gasteiger partial charge in [-0.05, 0) is 41.8 Å². The van der Waals surface area contributed by atoms with Gasteiger partial charge in [-0.25, -0.2) is 0 Å². The predicted molar refractivity (Wildman–Crippen MR) is 131 cm³/mol. The Hall–Kier alpha value is -2.84. The van der Waals surface area contributed by atoms with Crippen molar-refractivity contribution in [3.63, 3.8) is 0 Å². The van der Waals surface area contributed by atoms with E-state index >= 15 is 0 Å². The molecule has 4 aromatic rings. The maximum absolute atomic E-state index is 10.6. The molecule has 0 fully saturated rings. The highest BCUT2D eigenvalue weighted by Crippen LogP contribution is 2.33. The number of aryl methyl sites for hydroxylation is 1. The van der Waals surface area contributed by atoms with Crippen molar-refractivity contribution in [1.29, 1.82) is 0 Å². The van der Waals surface area contributed by atoms with E-state index in [0.717, 1.165) is 30.5 Å². The summed E-state index contributed by atoms with van der Waals surface area (Å²) < 4.78 is 17.2. The lowest BCUT2D eigenvalue weighted by Gasteiger charge is -2.28. The summed E-state index contributed by atoms with van der Waals surface area (Å²) in [4.78, 5) is 2.20. The van der Waals surface area contributed by atoms with Gasteiger partial charge in [-0.15, -0.1) is 10.2 Å². The van der Waals surface area contributed by atoms with Gasteiger partial charge in [-0.2, -0.15) is 0 Å². The molecule has 34 heavy (non-hydrogen) atoms. The molecule has 0 aliphatic carbocycles. The normalized spacial score (nSPS) is 15.5. The van der Waals surface area contributed by atoms with Gasteiger partial charge >= 0.3 is 0 Å². The highest BCUT2D eigenvalue weighted by molar-refractivity contribution is 6.42. The third-order valence-electron chi connectivity index (χ3n) is 5.74. The van der Waals surface area contributed by atoms with E-state index in [2.05, 4.69) is 21.2 Å². The molecule has 0 saturated heterocycles. The number of furan rings is 1. The second-order valence-electron chi connectivity index (χ2n) is 8.24. The van der Waals surface area contributed by atoms with Crippen molar-refractivity contribution in [2.45, 2.75) is 19.4 Å². The van der Waals surface area contributed by atoms with Crippen LogP contribution < -0.4 is 4.74 Å². The molecule has 1 aliphatic heterocycles. The fraction of sp³-hybridized carbons (Fsp3) is 0.280. The summed E-state index contributed by atoms with van der Waals surface area (Å²) in [6, 6.07) is 13.0. The first kappa shape index (κ1) is 22.9. The number of ether oxygens (including phenoxy) is 1. The number of benzene rings is 2. The van der Waals surface area contributed by atoms with Crippen molar-refractivity contribution in [2.24, 2.45) is 0 Å². The lowest BCUT2D eigenvalue weighted by atomic mass is 9.99. The summed E-state index contributed by atoms with van der Waals surface area (Å²) in [5.41, 5.74) is 2.97. The van der Waals surface area contributed by atoms with Gasteiger partial charge in [-0.1, -0.05) is 41.4 Å². The summed E-state index contributed by atoms with van der Waals surface area (Å²) in [5.74, 6) is 1.89. The van der Waals surface area contributed by atoms with Gasteiger partial charge in [0, 0.05) is 32.6 Å². The van der Waals surface area contributed by atoms with E-state index < -0.39 is 6.10 Å². The maximum Gasteiger partial charge on any atom is 0.283 e. The number of nitrogens with zero attached hydrogens (tertiary/aromatic N) is 3. The molecule has 2 aromatic carbocycles. The summed E-state index contributed by atoms with van der Waals surface area (Å²) in [6.45, 7) is 3.99. The molecule has 0 radical (unpaired) electrons. The van der Waals surface area contributed by atoms with Crippen LogP contribution in [0.3, 0.4) is 0 Å². The maximum atomic E-state index is 10.6. The second kappa shape index (κ2) is 9.80. The number of aliphatic hydroxyl groups is 1. The standard InChI is InChI=1S/C25H23Cl2N3O4/c1-15-28-29-25(33-15)24-12-19-22(3-2-4-23(19)34-24)32-14-18(31)13-30-9-7-16(8-10-30)17-5-6-20(26)21(27)11-17/h2-7,11-12,18,31H,8-10,13-14H2,1H3. The van der Waals surface area contributed by atoms with Crippen LogP contribution in [0.5, 0.6) is 5.75 Å². The van der Waals surface area contributed by atoms with E-state index in [9.17, 15) is 5.11 Å². The average molecular weight is 500 g/mol. The Morgan fingerprint density at radius 2 is 2.00 bits per heavy atom. The minimum atomic E-state index is -0.639. The molecule has 0 bridgehead atoms. The molecule has 1 unspecified atom stereocenters. The number of hydrogen-bond acceptors (Lipinski definition) is 7. The zero-order chi connectivity index (χ0) is 23.7. The van der Waals surface area contributed by atoms with E-state index in [0.29, 0.717) is 45.5 Å². The number of aromatic nitrogens is 2. The van der Waals surface area contributed by atoms with E-state index in [1.165, 1.54) is 5.57 Å². The topological polar surface area (TPSA) is 84.8 Å². The van der Waals surface area contributed by atoms with Gasteiger partial charge in [0.15, 0.2) is 5.76 Å². The zero-order valence-electron chi connectivity index (χ0n) is 18.5. The van der Waals surface area contributed by atoms with Crippen LogP contribution in [-0.2, 0) is 0 Å². The molecule has 1 N–H and O–H groups in total. The number of hydrogen-bond donors (Lipinski definition) is 1. The third kappa shape index (κ3) is 4.98. The third-order valence-corrected chi connectivity index (χ3v) is 6.48. The van der Waals surface area contributed by atoms with E-state index in [-0.39, 0.29) is 6.61 Å². The molecular weight excluding hydrogens is 477 g/mol. The van der Waals surface area contributed by atoms with Gasteiger partial charge in [0.1, 0.15) is 24.0 Å². The molecule has 0 saturated carbocycles. The SMILES string of the molecule is Cc1nnc(-c2cc3c(OCC(O)CN4CC=C(c5ccc(Cl)c(Cl)c5)CC4)cccc3o2)o1. The molecular formula is C25H23Cl2N3O4. The van der Waals surface area contributed by atoms with Crippen LogP contribution in [-0.4, -0.2) is 52.5 Å². The smallest absolute Gasteiger partial charge is 0.283 e. The van der Waals surface area contributed by atoms with Crippen LogP contribution in [0, 0.1) is 6.92 Å². The number of fused-ring (bicyclic) bond motifs is 1. The summed E-state index contributed by atoms with van der Waals surface area (Å²) in [5, 5.41) is 20.3. The Bertz CT molecular complexity index is 1350. The van der Waals surface area contributed by atoms with Gasteiger partial charge in [0.25, 0.3) is 5.89 Å². The summed E-state index contributed by atoms with van der Waals surface area (Å²) >= 11 is 12.2. The monoisotopic (exact) mass is 499 g/mol. The Labute approximate surface area is 206 Å². The predicted octanol–water partition coefficient (Wildman–Crippen LogP) is 5.63. The molecule has 1 atom stereocenters. The van der Waals surface area contributed by atoms with E-state index in [4.69, 9.17) is 36.8 Å². The van der Waals surface area contributed by atoms with Crippen molar-refractivity contribution in [3.8, 4) is 17.4 Å². The Kier molecular flexibility index (Phi) is 6.61. The van der Waals surface area contributed by atoms with Crippen LogP contribution in [0.1, 0.15) is 17.9 Å². The molecule has 176 valence electrons. The molecule has 2 aromatic heterocycles. The van der Waals surface area contributed by atoms with Crippen LogP contribution in [0.25, 0.3) is 28.2 Å². The minimum Gasteiger partial charge on any atom is -0.490 e. The lowest BCUT2D eigenvalue weighted by molar-refractivity contribution is 0.0722. The fourth-order valence-corrected chi connectivity index (χ4v) is 4.33. The van der Waals surface area contributed by atoms with E-state index in [1.807, 2.05) is 42.5 Å². The first-order valence-electron chi connectivity index (χ1n) is 11.0. The van der Waals surface area contributed by atoms with Crippen LogP contribution in [0.4, 0.5) is 0 Å². The lowest BCUT2D eigenvalue weighted by Crippen LogP contribution is -2.38. The Morgan fingerprint density at radius 1 is 1.12 bits per heavy atom. The number of β-amino-alcohol motifs (C(OH)–C–C–N with tert-alkyl or cyclic N) is 1. The van der Waals surface area contributed by atoms with Crippen LogP contribution >= 0.6 is 23.2 Å². The van der Waals surface area contributed by atoms with Crippen molar-refractivity contribution in [2.75, 3.05) is 26.2 Å². The van der Waals surface area contributed by atoms with Crippen molar-refractivity contribution < 1.29 is 18.7 Å². The highest BCUT2D eigenvalue weighted by atomic mass is 35.5. The van der Waals surface area contributed by atoms with Gasteiger partial charge in [0.05, 0.1) is 15.4 Å². The quantitative estimate of drug-likeness (QED) is 0.352. The molecule has 0 spiro atoms. The molecule has 3 heterocycles. The Balaban J connectivity index is 1.19. The van der Waals surface area contributed by atoms with Crippen molar-refractivity contribution in [3.05, 3.63) is 70.0 Å². The number of aliphatic hydroxyl groups excluding tert-OH is 1. The first-order valence-corrected chi connectivity index (χ1v) is 11.7. The average Bonchev–Trinajstić information content (AvgIpc) is 3.46. The van der Waals surface area contributed by atoms with Crippen LogP contribution in [0.15, 0.2) is 57.4 Å². The fourth-order valence-electron chi connectivity index (χ4n) is 4.03. The molecule has 0 amide bonds. The Morgan fingerprint density at radius 3 is 2.74 bits per heavy atom. The molecule has 5 rings (SSSR count). The number of rotatable bonds is 7. The summed E-state index contributed by atoms with van der Waals surface area (Å²) in [7, 11) is 0. The van der Waals surface area contributed by atoms with E-state index in [1.54, 1.807) is 6.92 Å². The van der Waals surface area contributed by atoms with Crippen LogP contribution in [0.2, 0.25) is 10.0 Å². The zero-order valence-corrected chi connectivity index (χ0v) is 20.0. The molecule has 9 heteroatoms. The van der Waals surface area contributed by atoms with Gasteiger partial charge < -0.3 is 18.7 Å².